The molecule has 210 valence electrons. The molecule has 6 heteroatoms. The van der Waals surface area contributed by atoms with Crippen molar-refractivity contribution >= 4 is 56.8 Å². The highest BCUT2D eigenvalue weighted by Gasteiger charge is 2.45. The molecule has 3 aromatic rings. The van der Waals surface area contributed by atoms with Crippen LogP contribution in [0.2, 0.25) is 0 Å². The second-order valence-electron chi connectivity index (χ2n) is 13.0. The molecule has 6 aliphatic rings. The zero-order valence-corrected chi connectivity index (χ0v) is 23.6. The van der Waals surface area contributed by atoms with Crippen molar-refractivity contribution in [3.8, 4) is 0 Å². The number of carbonyl (C=O) groups is 4. The number of allylic oxidation sites excluding steroid dienone is 1. The van der Waals surface area contributed by atoms with E-state index in [1.165, 1.54) is 0 Å². The molecule has 42 heavy (non-hydrogen) atoms. The molecule has 0 N–H and O–H groups in total. The molecule has 1 atom stereocenters. The van der Waals surface area contributed by atoms with Crippen LogP contribution in [0.5, 0.6) is 0 Å². The lowest BCUT2D eigenvalue weighted by Gasteiger charge is -2.40. The average Bonchev–Trinajstić information content (AvgIpc) is 3.03. The molecule has 2 fully saturated rings. The summed E-state index contributed by atoms with van der Waals surface area (Å²) in [7, 11) is 0. The summed E-state index contributed by atoms with van der Waals surface area (Å²) >= 11 is 0. The second kappa shape index (κ2) is 8.73. The number of carbonyl (C=O) groups excluding carboxylic acids is 4. The lowest BCUT2D eigenvalue weighted by molar-refractivity contribution is -0.132. The summed E-state index contributed by atoms with van der Waals surface area (Å²) in [5.41, 5.74) is 5.55. The monoisotopic (exact) mass is 556 g/mol. The van der Waals surface area contributed by atoms with Crippen LogP contribution in [0.1, 0.15) is 113 Å². The summed E-state index contributed by atoms with van der Waals surface area (Å²) in [6.07, 6.45) is 16.6. The SMILES string of the molecule is O=C1C2=CCc3c4c5c6c(ccc5c5ccc(c2c35)C(=O)N1C1CCCCC1)C(=O)N(C1CCCCC1)C(=O)C6C=C4. The summed E-state index contributed by atoms with van der Waals surface area (Å²) in [4.78, 5) is 58.7. The second-order valence-corrected chi connectivity index (χ2v) is 13.0. The number of fused-ring (bicyclic) bond motifs is 2. The van der Waals surface area contributed by atoms with Crippen molar-refractivity contribution in [3.05, 3.63) is 69.8 Å². The maximum atomic E-state index is 13.9. The van der Waals surface area contributed by atoms with Crippen LogP contribution < -0.4 is 0 Å². The van der Waals surface area contributed by atoms with Crippen molar-refractivity contribution < 1.29 is 19.2 Å². The summed E-state index contributed by atoms with van der Waals surface area (Å²) in [6.45, 7) is 0. The van der Waals surface area contributed by atoms with Crippen molar-refractivity contribution in [2.75, 3.05) is 0 Å². The molecule has 3 aromatic carbocycles. The van der Waals surface area contributed by atoms with Gasteiger partial charge in [-0.15, -0.1) is 0 Å². The zero-order chi connectivity index (χ0) is 28.3. The minimum absolute atomic E-state index is 0.0199. The van der Waals surface area contributed by atoms with Gasteiger partial charge in [-0.25, -0.2) is 0 Å². The van der Waals surface area contributed by atoms with Crippen LogP contribution in [-0.2, 0) is 16.0 Å². The Labute approximate surface area is 244 Å². The molecule has 4 amide bonds. The highest BCUT2D eigenvalue weighted by atomic mass is 16.2. The fourth-order valence-corrected chi connectivity index (χ4v) is 9.01. The van der Waals surface area contributed by atoms with Gasteiger partial charge in [0.15, 0.2) is 0 Å². The minimum atomic E-state index is -0.472. The first-order chi connectivity index (χ1) is 20.5. The van der Waals surface area contributed by atoms with E-state index in [0.29, 0.717) is 23.1 Å². The van der Waals surface area contributed by atoms with Gasteiger partial charge in [-0.05, 0) is 82.5 Å². The van der Waals surface area contributed by atoms with E-state index >= 15 is 0 Å². The largest absolute Gasteiger partial charge is 0.275 e. The van der Waals surface area contributed by atoms with Crippen molar-refractivity contribution in [1.29, 1.82) is 0 Å². The molecule has 0 radical (unpaired) electrons. The number of hydrogen-bond donors (Lipinski definition) is 0. The third-order valence-corrected chi connectivity index (χ3v) is 10.9. The summed E-state index contributed by atoms with van der Waals surface area (Å²) < 4.78 is 0. The zero-order valence-electron chi connectivity index (χ0n) is 23.6. The quantitative estimate of drug-likeness (QED) is 0.261. The number of hydrogen-bond acceptors (Lipinski definition) is 4. The number of benzene rings is 3. The van der Waals surface area contributed by atoms with Gasteiger partial charge >= 0.3 is 0 Å². The van der Waals surface area contributed by atoms with E-state index in [1.54, 1.807) is 9.80 Å². The Morgan fingerprint density at radius 1 is 0.643 bits per heavy atom. The summed E-state index contributed by atoms with van der Waals surface area (Å²) in [5, 5.41) is 3.90. The van der Waals surface area contributed by atoms with Crippen LogP contribution in [0.3, 0.4) is 0 Å². The Bertz CT molecular complexity index is 1860. The first-order valence-electron chi connectivity index (χ1n) is 15.8. The van der Waals surface area contributed by atoms with E-state index in [-0.39, 0.29) is 35.7 Å². The average molecular weight is 557 g/mol. The van der Waals surface area contributed by atoms with Crippen molar-refractivity contribution in [2.24, 2.45) is 0 Å². The highest BCUT2D eigenvalue weighted by Crippen LogP contribution is 2.50. The molecule has 2 heterocycles. The standard InChI is InChI=1S/C36H32N2O4/c39-33-25-15-11-21-23-13-17-27-32-28(36(42)38(35(27)41)20-9-5-2-6-10-20)18-14-24(30(23)32)22-12-16-26(31(25)29(21)22)34(40)37(33)19-7-3-1-4-8-19/h11-13,15-20,26H,1-10,14H2. The summed E-state index contributed by atoms with van der Waals surface area (Å²) in [5.74, 6) is -1.08. The predicted molar refractivity (Wildman–Crippen MR) is 161 cm³/mol. The van der Waals surface area contributed by atoms with Gasteiger partial charge in [0.05, 0.1) is 5.92 Å². The molecule has 0 bridgehead atoms. The van der Waals surface area contributed by atoms with Gasteiger partial charge in [-0.1, -0.05) is 68.9 Å². The number of imide groups is 2. The van der Waals surface area contributed by atoms with E-state index in [4.69, 9.17) is 0 Å². The molecule has 2 saturated carbocycles. The van der Waals surface area contributed by atoms with Gasteiger partial charge < -0.3 is 0 Å². The number of nitrogens with zero attached hydrogens (tertiary/aromatic N) is 2. The van der Waals surface area contributed by atoms with Crippen molar-refractivity contribution in [2.45, 2.75) is 88.6 Å². The van der Waals surface area contributed by atoms with Crippen LogP contribution in [-0.4, -0.2) is 45.5 Å². The Morgan fingerprint density at radius 2 is 1.26 bits per heavy atom. The molecule has 0 saturated heterocycles. The van der Waals surface area contributed by atoms with Gasteiger partial charge in [0.1, 0.15) is 0 Å². The van der Waals surface area contributed by atoms with Gasteiger partial charge in [-0.2, -0.15) is 0 Å². The third-order valence-electron chi connectivity index (χ3n) is 10.9. The van der Waals surface area contributed by atoms with E-state index < -0.39 is 5.92 Å². The molecular weight excluding hydrogens is 524 g/mol. The molecule has 6 nitrogen and oxygen atoms in total. The van der Waals surface area contributed by atoms with Crippen LogP contribution in [0.25, 0.3) is 33.2 Å². The fraction of sp³-hybridized carbons (Fsp3) is 0.389. The maximum Gasteiger partial charge on any atom is 0.261 e. The van der Waals surface area contributed by atoms with Crippen LogP contribution >= 0.6 is 0 Å². The Balaban J connectivity index is 1.26. The Hall–Kier alpha value is -4.06. The molecule has 0 aromatic heterocycles. The first-order valence-corrected chi connectivity index (χ1v) is 15.8. The Kier molecular flexibility index (Phi) is 5.10. The molecule has 2 aliphatic heterocycles. The van der Waals surface area contributed by atoms with E-state index in [9.17, 15) is 19.2 Å². The van der Waals surface area contributed by atoms with Crippen LogP contribution in [0.4, 0.5) is 0 Å². The molecule has 0 spiro atoms. The van der Waals surface area contributed by atoms with Gasteiger partial charge in [0, 0.05) is 34.3 Å². The summed E-state index contributed by atoms with van der Waals surface area (Å²) in [6, 6.07) is 7.79. The van der Waals surface area contributed by atoms with E-state index in [1.807, 2.05) is 36.4 Å². The normalized spacial score (nSPS) is 23.8. The third kappa shape index (κ3) is 3.05. The molecule has 9 rings (SSSR count). The topological polar surface area (TPSA) is 74.8 Å². The fourth-order valence-electron chi connectivity index (χ4n) is 9.01. The van der Waals surface area contributed by atoms with Crippen LogP contribution in [0, 0.1) is 0 Å². The molecule has 1 unspecified atom stereocenters. The predicted octanol–water partition coefficient (Wildman–Crippen LogP) is 6.67. The maximum absolute atomic E-state index is 13.9. The first kappa shape index (κ1) is 24.5. The smallest absolute Gasteiger partial charge is 0.261 e. The minimum Gasteiger partial charge on any atom is -0.275 e. The van der Waals surface area contributed by atoms with Gasteiger partial charge in [0.25, 0.3) is 17.7 Å². The lowest BCUT2D eigenvalue weighted by atomic mass is 9.73. The van der Waals surface area contributed by atoms with Crippen LogP contribution in [0.15, 0.2) is 36.4 Å². The lowest BCUT2D eigenvalue weighted by Crippen LogP contribution is -2.51. The molecule has 4 aliphatic carbocycles. The van der Waals surface area contributed by atoms with Crippen molar-refractivity contribution in [3.63, 3.8) is 0 Å². The van der Waals surface area contributed by atoms with Gasteiger partial charge in [0.2, 0.25) is 5.91 Å². The van der Waals surface area contributed by atoms with Gasteiger partial charge in [-0.3, -0.25) is 29.0 Å². The van der Waals surface area contributed by atoms with E-state index in [2.05, 4.69) is 6.08 Å². The van der Waals surface area contributed by atoms with Crippen molar-refractivity contribution in [1.82, 2.24) is 9.80 Å². The number of rotatable bonds is 2. The highest BCUT2D eigenvalue weighted by molar-refractivity contribution is 6.36. The van der Waals surface area contributed by atoms with E-state index in [0.717, 1.165) is 108 Å². The molecular formula is C36H32N2O4. The Morgan fingerprint density at radius 3 is 1.98 bits per heavy atom. The number of amides is 4.